The topological polar surface area (TPSA) is 251 Å². The molecule has 9 N–H and O–H groups in total. The van der Waals surface area contributed by atoms with Gasteiger partial charge in [0.1, 0.15) is 29.8 Å². The van der Waals surface area contributed by atoms with Crippen LogP contribution in [0.4, 0.5) is 4.79 Å². The fourth-order valence-corrected chi connectivity index (χ4v) is 6.34. The predicted molar refractivity (Wildman–Crippen MR) is 230 cm³/mol. The molecule has 0 unspecified atom stereocenters. The van der Waals surface area contributed by atoms with Crippen molar-refractivity contribution in [3.63, 3.8) is 0 Å². The average Bonchev–Trinajstić information content (AvgIpc) is 3.61. The van der Waals surface area contributed by atoms with E-state index in [0.717, 1.165) is 16.5 Å². The minimum atomic E-state index is -1.68. The fourth-order valence-electron chi connectivity index (χ4n) is 6.21. The standard InChI is InChI=1S/C44H52ClN7O9/c1-44(2,3)61-43(60)52-35(24-29-26-48-32-14-8-7-13-31(29)32)41(58)49-33(15-9-10-22-47-37(53)21-18-27-16-19-30(45)20-17-27)40(57)51-36(25-38(54)55)42(59)50-34(39(46)56)23-28-11-5-4-6-12-28/h4-8,11-14,16-21,26,33-36,48H,9-10,15,22-25H2,1-3H3,(H2,46,56)(H,47,53)(H,49,58)(H,50,59)(H,51,57)(H,52,60)(H,54,55)/b21-18+/t33-,34-,35-,36-/m0/s1. The summed E-state index contributed by atoms with van der Waals surface area (Å²) in [5.74, 6) is -5.34. The number of aromatic amines is 1. The first-order valence-electron chi connectivity index (χ1n) is 19.7. The van der Waals surface area contributed by atoms with Crippen molar-refractivity contribution in [2.75, 3.05) is 6.54 Å². The van der Waals surface area contributed by atoms with E-state index in [2.05, 4.69) is 31.6 Å². The summed E-state index contributed by atoms with van der Waals surface area (Å²) >= 11 is 5.93. The molecule has 324 valence electrons. The Balaban J connectivity index is 1.53. The van der Waals surface area contributed by atoms with Gasteiger partial charge in [-0.3, -0.25) is 28.8 Å². The van der Waals surface area contributed by atoms with Crippen molar-refractivity contribution in [1.82, 2.24) is 31.6 Å². The number of aromatic nitrogens is 1. The predicted octanol–water partition coefficient (Wildman–Crippen LogP) is 3.91. The van der Waals surface area contributed by atoms with Crippen LogP contribution < -0.4 is 32.3 Å². The Morgan fingerprint density at radius 1 is 0.770 bits per heavy atom. The van der Waals surface area contributed by atoms with Crippen LogP contribution in [0.2, 0.25) is 5.02 Å². The normalized spacial score (nSPS) is 13.3. The van der Waals surface area contributed by atoms with Gasteiger partial charge in [0, 0.05) is 47.6 Å². The third-order valence-electron chi connectivity index (χ3n) is 9.21. The summed E-state index contributed by atoms with van der Waals surface area (Å²) in [5.41, 5.74) is 7.60. The molecule has 0 bridgehead atoms. The summed E-state index contributed by atoms with van der Waals surface area (Å²) in [5, 5.41) is 24.0. The number of amides is 6. The van der Waals surface area contributed by atoms with Crippen molar-refractivity contribution in [2.24, 2.45) is 5.73 Å². The van der Waals surface area contributed by atoms with Crippen LogP contribution in [0.3, 0.4) is 0 Å². The number of halogens is 1. The number of ether oxygens (including phenoxy) is 1. The van der Waals surface area contributed by atoms with Gasteiger partial charge in [-0.2, -0.15) is 0 Å². The number of hydrogen-bond donors (Lipinski definition) is 8. The van der Waals surface area contributed by atoms with Crippen molar-refractivity contribution >= 4 is 70.2 Å². The Morgan fingerprint density at radius 3 is 2.07 bits per heavy atom. The first-order valence-corrected chi connectivity index (χ1v) is 20.1. The number of carboxylic acid groups (broad SMARTS) is 1. The summed E-state index contributed by atoms with van der Waals surface area (Å²) in [6, 6.07) is 17.4. The fraction of sp³-hybridized carbons (Fsp3) is 0.341. The van der Waals surface area contributed by atoms with E-state index in [1.807, 2.05) is 24.3 Å². The number of hydrogen-bond acceptors (Lipinski definition) is 8. The smallest absolute Gasteiger partial charge is 0.408 e. The van der Waals surface area contributed by atoms with Gasteiger partial charge in [-0.25, -0.2) is 4.79 Å². The molecule has 6 amide bonds. The minimum Gasteiger partial charge on any atom is -0.481 e. The van der Waals surface area contributed by atoms with Crippen molar-refractivity contribution in [2.45, 2.75) is 89.1 Å². The highest BCUT2D eigenvalue weighted by atomic mass is 35.5. The van der Waals surface area contributed by atoms with Gasteiger partial charge in [0.15, 0.2) is 0 Å². The van der Waals surface area contributed by atoms with Crippen LogP contribution >= 0.6 is 11.6 Å². The van der Waals surface area contributed by atoms with Crippen LogP contribution in [0.1, 0.15) is 63.1 Å². The first kappa shape index (κ1) is 47.0. The lowest BCUT2D eigenvalue weighted by Crippen LogP contribution is -2.59. The molecule has 4 aromatic rings. The molecule has 0 aliphatic carbocycles. The minimum absolute atomic E-state index is 0.00422. The second-order valence-electron chi connectivity index (χ2n) is 15.3. The molecular weight excluding hydrogens is 806 g/mol. The Hall–Kier alpha value is -6.68. The van der Waals surface area contributed by atoms with Gasteiger partial charge >= 0.3 is 12.1 Å². The van der Waals surface area contributed by atoms with Gasteiger partial charge in [0.25, 0.3) is 0 Å². The lowest BCUT2D eigenvalue weighted by Gasteiger charge is -2.26. The number of rotatable bonds is 21. The van der Waals surface area contributed by atoms with Crippen molar-refractivity contribution in [3.05, 3.63) is 113 Å². The number of carboxylic acids is 1. The maximum absolute atomic E-state index is 14.1. The number of primary amides is 1. The SMILES string of the molecule is CC(C)(C)OC(=O)N[C@@H](Cc1c[nH]c2ccccc12)C(=O)N[C@@H](CCCCNC(=O)/C=C/c1ccc(Cl)cc1)C(=O)N[C@@H](CC(=O)O)C(=O)N[C@@H](Cc1ccccc1)C(N)=O. The van der Waals surface area contributed by atoms with Gasteiger partial charge in [0.2, 0.25) is 29.5 Å². The highest BCUT2D eigenvalue weighted by Gasteiger charge is 2.33. The van der Waals surface area contributed by atoms with E-state index in [1.165, 1.54) is 6.08 Å². The third kappa shape index (κ3) is 16.1. The molecule has 4 atom stereocenters. The molecule has 1 heterocycles. The maximum atomic E-state index is 14.1. The van der Waals surface area contributed by atoms with E-state index in [4.69, 9.17) is 22.1 Å². The van der Waals surface area contributed by atoms with Crippen molar-refractivity contribution in [3.8, 4) is 0 Å². The second kappa shape index (κ2) is 22.6. The number of aliphatic carboxylic acids is 1. The van der Waals surface area contributed by atoms with Crippen LogP contribution in [-0.4, -0.2) is 88.0 Å². The number of alkyl carbamates (subject to hydrolysis) is 1. The molecule has 17 heteroatoms. The molecule has 3 aromatic carbocycles. The molecule has 16 nitrogen and oxygen atoms in total. The number of unbranched alkanes of at least 4 members (excludes halogenated alkanes) is 1. The maximum Gasteiger partial charge on any atom is 0.408 e. The van der Waals surface area contributed by atoms with Gasteiger partial charge < -0.3 is 47.1 Å². The molecule has 0 aliphatic heterocycles. The highest BCUT2D eigenvalue weighted by Crippen LogP contribution is 2.20. The zero-order valence-electron chi connectivity index (χ0n) is 34.2. The van der Waals surface area contributed by atoms with E-state index in [0.29, 0.717) is 22.6 Å². The zero-order chi connectivity index (χ0) is 44.5. The van der Waals surface area contributed by atoms with Crippen molar-refractivity contribution in [1.29, 1.82) is 0 Å². The molecule has 0 radical (unpaired) electrons. The number of nitrogens with two attached hydrogens (primary N) is 1. The number of nitrogens with one attached hydrogen (secondary N) is 6. The van der Waals surface area contributed by atoms with Gasteiger partial charge in [-0.05, 0) is 81.0 Å². The van der Waals surface area contributed by atoms with E-state index in [1.54, 1.807) is 87.6 Å². The molecule has 0 saturated carbocycles. The van der Waals surface area contributed by atoms with Crippen LogP contribution in [0.5, 0.6) is 0 Å². The van der Waals surface area contributed by atoms with E-state index < -0.39 is 71.9 Å². The van der Waals surface area contributed by atoms with E-state index >= 15 is 0 Å². The largest absolute Gasteiger partial charge is 0.481 e. The molecule has 0 spiro atoms. The number of carbonyl (C=O) groups excluding carboxylic acids is 6. The molecule has 1 aromatic heterocycles. The van der Waals surface area contributed by atoms with Crippen LogP contribution in [0.15, 0.2) is 91.1 Å². The molecule has 4 rings (SSSR count). The van der Waals surface area contributed by atoms with Crippen LogP contribution in [-0.2, 0) is 46.3 Å². The number of H-pyrrole nitrogens is 1. The first-order chi connectivity index (χ1) is 29.0. The lowest BCUT2D eigenvalue weighted by molar-refractivity contribution is -0.141. The van der Waals surface area contributed by atoms with E-state index in [-0.39, 0.29) is 38.1 Å². The summed E-state index contributed by atoms with van der Waals surface area (Å²) < 4.78 is 5.44. The second-order valence-corrected chi connectivity index (χ2v) is 15.7. The summed E-state index contributed by atoms with van der Waals surface area (Å²) in [6.45, 7) is 5.20. The number of carbonyl (C=O) groups is 7. The number of benzene rings is 3. The zero-order valence-corrected chi connectivity index (χ0v) is 34.9. The summed E-state index contributed by atoms with van der Waals surface area (Å²) in [7, 11) is 0. The number of fused-ring (bicyclic) bond motifs is 1. The molecule has 0 aliphatic rings. The Bertz CT molecular complexity index is 2190. The van der Waals surface area contributed by atoms with Gasteiger partial charge in [0.05, 0.1) is 6.42 Å². The Kier molecular flexibility index (Phi) is 17.4. The quantitative estimate of drug-likeness (QED) is 0.0446. The molecule has 61 heavy (non-hydrogen) atoms. The van der Waals surface area contributed by atoms with E-state index in [9.17, 15) is 38.7 Å². The highest BCUT2D eigenvalue weighted by molar-refractivity contribution is 6.30. The van der Waals surface area contributed by atoms with Crippen LogP contribution in [0, 0.1) is 0 Å². The van der Waals surface area contributed by atoms with Gasteiger partial charge in [-0.1, -0.05) is 72.3 Å². The molecule has 0 saturated heterocycles. The monoisotopic (exact) mass is 857 g/mol. The molecule has 0 fully saturated rings. The average molecular weight is 858 g/mol. The van der Waals surface area contributed by atoms with Crippen LogP contribution in [0.25, 0.3) is 17.0 Å². The summed E-state index contributed by atoms with van der Waals surface area (Å²) in [4.78, 5) is 94.6. The van der Waals surface area contributed by atoms with Crippen molar-refractivity contribution < 1.29 is 43.4 Å². The lowest BCUT2D eigenvalue weighted by atomic mass is 10.0. The Labute approximate surface area is 358 Å². The Morgan fingerprint density at radius 2 is 1.39 bits per heavy atom. The third-order valence-corrected chi connectivity index (χ3v) is 9.46. The van der Waals surface area contributed by atoms with Gasteiger partial charge in [-0.15, -0.1) is 0 Å². The summed E-state index contributed by atoms with van der Waals surface area (Å²) in [6.07, 6.45) is 3.52. The molecular formula is C44H52ClN7O9. The number of para-hydroxylation sites is 1.